The van der Waals surface area contributed by atoms with Crippen LogP contribution >= 0.6 is 0 Å². The predicted octanol–water partition coefficient (Wildman–Crippen LogP) is 6.35. The third-order valence-electron chi connectivity index (χ3n) is 4.80. The molecule has 0 aliphatic rings. The number of nitrogens with zero attached hydrogens (tertiary/aromatic N) is 2. The third-order valence-corrected chi connectivity index (χ3v) is 4.80. The van der Waals surface area contributed by atoms with Crippen LogP contribution in [0, 0.1) is 25.7 Å². The van der Waals surface area contributed by atoms with Gasteiger partial charge in [-0.3, -0.25) is 0 Å². The monoisotopic (exact) mass is 430 g/mol. The van der Waals surface area contributed by atoms with Crippen LogP contribution < -0.4 is 10.9 Å². The largest absolute Gasteiger partial charge is 0.355 e. The Morgan fingerprint density at radius 1 is 0.688 bits per heavy atom. The first kappa shape index (κ1) is 24.8. The Labute approximate surface area is 192 Å². The van der Waals surface area contributed by atoms with Crippen molar-refractivity contribution in [1.82, 2.24) is 10.9 Å². The highest BCUT2D eigenvalue weighted by Crippen LogP contribution is 2.08. The molecule has 0 spiro atoms. The Morgan fingerprint density at radius 3 is 1.34 bits per heavy atom. The fraction of sp³-hybridized carbons (Fsp3) is 0.296. The SMILES string of the molecule is Cc1ccc(/C=C/C(=N/NC(=O)N/N=C(/C=C/c2ccc(C)cc2)C(C)C)C(C)C)cc1. The lowest BCUT2D eigenvalue weighted by Gasteiger charge is -2.08. The van der Waals surface area contributed by atoms with E-state index in [4.69, 9.17) is 0 Å². The first-order chi connectivity index (χ1) is 15.2. The molecule has 2 aromatic carbocycles. The number of aryl methyl sites for hydroxylation is 2. The molecule has 2 amide bonds. The van der Waals surface area contributed by atoms with Gasteiger partial charge in [0.15, 0.2) is 0 Å². The standard InChI is InChI=1S/C27H34N4O/c1-19(2)25(17-15-23-11-7-21(5)8-12-23)28-30-27(32)31-29-26(20(3)4)18-16-24-13-9-22(6)10-14-24/h7-20H,1-6H3,(H2,30,31,32)/b17-15+,18-16+,28-25-,29-26-. The fourth-order valence-corrected chi connectivity index (χ4v) is 2.69. The number of hydrogen-bond donors (Lipinski definition) is 2. The van der Waals surface area contributed by atoms with Gasteiger partial charge in [-0.2, -0.15) is 10.2 Å². The highest BCUT2D eigenvalue weighted by atomic mass is 16.2. The lowest BCUT2D eigenvalue weighted by atomic mass is 10.1. The average molecular weight is 431 g/mol. The van der Waals surface area contributed by atoms with E-state index in [1.807, 2.05) is 52.0 Å². The molecule has 0 saturated carbocycles. The first-order valence-corrected chi connectivity index (χ1v) is 10.9. The van der Waals surface area contributed by atoms with Crippen LogP contribution in [0.1, 0.15) is 49.9 Å². The summed E-state index contributed by atoms with van der Waals surface area (Å²) in [5.41, 5.74) is 11.2. The van der Waals surface area contributed by atoms with Crippen LogP contribution in [0.4, 0.5) is 4.79 Å². The number of urea groups is 1. The van der Waals surface area contributed by atoms with E-state index in [1.165, 1.54) is 11.1 Å². The van der Waals surface area contributed by atoms with E-state index in [9.17, 15) is 4.79 Å². The molecular formula is C27H34N4O. The molecule has 0 aromatic heterocycles. The Bertz CT molecular complexity index is 913. The number of benzene rings is 2. The van der Waals surface area contributed by atoms with Crippen LogP contribution in [-0.2, 0) is 0 Å². The van der Waals surface area contributed by atoms with E-state index >= 15 is 0 Å². The van der Waals surface area contributed by atoms with Crippen LogP contribution in [0.3, 0.4) is 0 Å². The minimum absolute atomic E-state index is 0.157. The maximum atomic E-state index is 12.2. The minimum atomic E-state index is -0.478. The van der Waals surface area contributed by atoms with Gasteiger partial charge in [-0.05, 0) is 49.0 Å². The van der Waals surface area contributed by atoms with E-state index in [0.29, 0.717) is 0 Å². The van der Waals surface area contributed by atoms with Crippen molar-refractivity contribution < 1.29 is 4.79 Å². The third kappa shape index (κ3) is 8.72. The normalized spacial score (nSPS) is 12.9. The highest BCUT2D eigenvalue weighted by molar-refractivity contribution is 6.01. The lowest BCUT2D eigenvalue weighted by molar-refractivity contribution is 0.241. The number of allylic oxidation sites excluding steroid dienone is 2. The zero-order valence-corrected chi connectivity index (χ0v) is 19.9. The molecule has 0 saturated heterocycles. The van der Waals surface area contributed by atoms with Gasteiger partial charge in [0.2, 0.25) is 0 Å². The number of carbonyl (C=O) groups is 1. The maximum Gasteiger partial charge on any atom is 0.355 e. The van der Waals surface area contributed by atoms with Gasteiger partial charge in [-0.1, -0.05) is 99.5 Å². The van der Waals surface area contributed by atoms with E-state index in [1.54, 1.807) is 0 Å². The molecule has 0 unspecified atom stereocenters. The summed E-state index contributed by atoms with van der Waals surface area (Å²) in [7, 11) is 0. The molecule has 0 radical (unpaired) electrons. The Morgan fingerprint density at radius 2 is 1.03 bits per heavy atom. The number of amides is 2. The Balaban J connectivity index is 2.01. The number of hydrogen-bond acceptors (Lipinski definition) is 3. The van der Waals surface area contributed by atoms with Crippen LogP contribution in [0.2, 0.25) is 0 Å². The van der Waals surface area contributed by atoms with Gasteiger partial charge in [0.1, 0.15) is 0 Å². The van der Waals surface area contributed by atoms with Crippen molar-refractivity contribution in [2.24, 2.45) is 22.0 Å². The second-order valence-electron chi connectivity index (χ2n) is 8.42. The van der Waals surface area contributed by atoms with Crippen molar-refractivity contribution in [3.05, 3.63) is 82.9 Å². The Hall–Kier alpha value is -3.47. The summed E-state index contributed by atoms with van der Waals surface area (Å²) >= 11 is 0. The number of hydrazone groups is 2. The van der Waals surface area contributed by atoms with E-state index in [-0.39, 0.29) is 11.8 Å². The van der Waals surface area contributed by atoms with Gasteiger partial charge in [-0.25, -0.2) is 15.6 Å². The first-order valence-electron chi connectivity index (χ1n) is 10.9. The van der Waals surface area contributed by atoms with E-state index in [0.717, 1.165) is 22.6 Å². The topological polar surface area (TPSA) is 65.8 Å². The number of nitrogens with one attached hydrogen (secondary N) is 2. The quantitative estimate of drug-likeness (QED) is 0.372. The zero-order chi connectivity index (χ0) is 23.5. The van der Waals surface area contributed by atoms with Crippen LogP contribution in [0.5, 0.6) is 0 Å². The van der Waals surface area contributed by atoms with Gasteiger partial charge in [0.25, 0.3) is 0 Å². The van der Waals surface area contributed by atoms with Crippen molar-refractivity contribution in [3.63, 3.8) is 0 Å². The average Bonchev–Trinajstić information content (AvgIpc) is 2.75. The van der Waals surface area contributed by atoms with E-state index < -0.39 is 6.03 Å². The second-order valence-corrected chi connectivity index (χ2v) is 8.42. The number of carbonyl (C=O) groups excluding carboxylic acids is 1. The zero-order valence-electron chi connectivity index (χ0n) is 19.9. The summed E-state index contributed by atoms with van der Waals surface area (Å²) in [6, 6.07) is 16.0. The van der Waals surface area contributed by atoms with Gasteiger partial charge in [0.05, 0.1) is 11.4 Å². The van der Waals surface area contributed by atoms with Gasteiger partial charge < -0.3 is 0 Å². The molecule has 0 aliphatic heterocycles. The summed E-state index contributed by atoms with van der Waals surface area (Å²) in [5, 5.41) is 8.52. The van der Waals surface area contributed by atoms with Crippen LogP contribution in [0.25, 0.3) is 12.2 Å². The summed E-state index contributed by atoms with van der Waals surface area (Å²) in [4.78, 5) is 12.2. The number of rotatable bonds is 8. The second kappa shape index (κ2) is 12.4. The Kier molecular flexibility index (Phi) is 9.61. The molecule has 2 N–H and O–H groups in total. The molecule has 32 heavy (non-hydrogen) atoms. The molecule has 0 aliphatic carbocycles. The van der Waals surface area contributed by atoms with E-state index in [2.05, 4.69) is 83.4 Å². The molecule has 0 fully saturated rings. The van der Waals surface area contributed by atoms with Gasteiger partial charge in [-0.15, -0.1) is 0 Å². The smallest absolute Gasteiger partial charge is 0.245 e. The summed E-state index contributed by atoms with van der Waals surface area (Å²) < 4.78 is 0. The molecular weight excluding hydrogens is 396 g/mol. The van der Waals surface area contributed by atoms with Gasteiger partial charge >= 0.3 is 6.03 Å². The van der Waals surface area contributed by atoms with Crippen molar-refractivity contribution >= 4 is 29.6 Å². The van der Waals surface area contributed by atoms with Crippen molar-refractivity contribution in [3.8, 4) is 0 Å². The molecule has 2 rings (SSSR count). The molecule has 0 bridgehead atoms. The molecule has 2 aromatic rings. The van der Waals surface area contributed by atoms with Crippen molar-refractivity contribution in [1.29, 1.82) is 0 Å². The van der Waals surface area contributed by atoms with Crippen molar-refractivity contribution in [2.75, 3.05) is 0 Å². The summed E-state index contributed by atoms with van der Waals surface area (Å²) in [6.07, 6.45) is 7.82. The summed E-state index contributed by atoms with van der Waals surface area (Å²) in [6.45, 7) is 12.2. The van der Waals surface area contributed by atoms with Crippen molar-refractivity contribution in [2.45, 2.75) is 41.5 Å². The molecule has 0 atom stereocenters. The predicted molar refractivity (Wildman–Crippen MR) is 137 cm³/mol. The van der Waals surface area contributed by atoms with Crippen LogP contribution in [0.15, 0.2) is 70.9 Å². The fourth-order valence-electron chi connectivity index (χ4n) is 2.69. The summed E-state index contributed by atoms with van der Waals surface area (Å²) in [5.74, 6) is 0.313. The molecule has 5 nitrogen and oxygen atoms in total. The highest BCUT2D eigenvalue weighted by Gasteiger charge is 2.05. The maximum absolute atomic E-state index is 12.2. The lowest BCUT2D eigenvalue weighted by Crippen LogP contribution is -2.31. The molecule has 5 heteroatoms. The molecule has 168 valence electrons. The van der Waals surface area contributed by atoms with Crippen LogP contribution in [-0.4, -0.2) is 17.5 Å². The van der Waals surface area contributed by atoms with Gasteiger partial charge in [0, 0.05) is 0 Å². The molecule has 0 heterocycles. The minimum Gasteiger partial charge on any atom is -0.245 e.